The molecule has 0 aliphatic heterocycles. The van der Waals surface area contributed by atoms with Crippen LogP contribution in [0.3, 0.4) is 0 Å². The fourth-order valence-electron chi connectivity index (χ4n) is 3.04. The molecule has 0 spiro atoms. The molecule has 0 atom stereocenters. The molecule has 0 bridgehead atoms. The minimum Gasteiger partial charge on any atom is -0.384 e. The van der Waals surface area contributed by atoms with Crippen molar-refractivity contribution in [1.82, 2.24) is 9.13 Å². The Hall–Kier alpha value is -3.13. The zero-order valence-electron chi connectivity index (χ0n) is 15.9. The monoisotopic (exact) mass is 456 g/mol. The standard InChI is InChI=1S/C21H21BrN4O3/c1-2-25-20(28)18(17(27)12-24-16-11-7-6-10-15(16)22)19(23)26(21(25)29)13-14-8-4-3-5-9-14/h3-11,24H,2,12-13,23H2,1H3. The maximum absolute atomic E-state index is 12.9. The lowest BCUT2D eigenvalue weighted by molar-refractivity contribution is 0.100. The smallest absolute Gasteiger partial charge is 0.332 e. The molecule has 0 fully saturated rings. The number of ketones is 1. The van der Waals surface area contributed by atoms with Gasteiger partial charge in [0.2, 0.25) is 0 Å². The van der Waals surface area contributed by atoms with E-state index in [1.54, 1.807) is 13.0 Å². The molecule has 7 nitrogen and oxygen atoms in total. The van der Waals surface area contributed by atoms with E-state index in [0.717, 1.165) is 14.6 Å². The van der Waals surface area contributed by atoms with Crippen molar-refractivity contribution in [1.29, 1.82) is 0 Å². The maximum atomic E-state index is 12.9. The topological polar surface area (TPSA) is 99.1 Å². The van der Waals surface area contributed by atoms with E-state index in [0.29, 0.717) is 5.69 Å². The molecule has 3 rings (SSSR count). The Morgan fingerprint density at radius 2 is 1.69 bits per heavy atom. The molecule has 150 valence electrons. The first-order chi connectivity index (χ1) is 13.9. The molecule has 1 aromatic heterocycles. The van der Waals surface area contributed by atoms with E-state index in [2.05, 4.69) is 21.2 Å². The van der Waals surface area contributed by atoms with E-state index in [1.165, 1.54) is 4.57 Å². The quantitative estimate of drug-likeness (QED) is 0.532. The number of carbonyl (C=O) groups is 1. The molecule has 3 aromatic rings. The second kappa shape index (κ2) is 8.91. The summed E-state index contributed by atoms with van der Waals surface area (Å²) in [5, 5.41) is 3.00. The van der Waals surface area contributed by atoms with Crippen LogP contribution < -0.4 is 22.3 Å². The van der Waals surface area contributed by atoms with Crippen molar-refractivity contribution >= 4 is 33.2 Å². The van der Waals surface area contributed by atoms with Crippen molar-refractivity contribution in [3.63, 3.8) is 0 Å². The van der Waals surface area contributed by atoms with E-state index in [4.69, 9.17) is 5.73 Å². The summed E-state index contributed by atoms with van der Waals surface area (Å²) in [6, 6.07) is 16.6. The van der Waals surface area contributed by atoms with E-state index in [9.17, 15) is 14.4 Å². The molecule has 0 aliphatic carbocycles. The van der Waals surface area contributed by atoms with Crippen LogP contribution in [0.2, 0.25) is 0 Å². The molecule has 8 heteroatoms. The van der Waals surface area contributed by atoms with Crippen LogP contribution in [0.15, 0.2) is 68.7 Å². The molecular weight excluding hydrogens is 436 g/mol. The Kier molecular flexibility index (Phi) is 6.33. The van der Waals surface area contributed by atoms with Gasteiger partial charge in [0.05, 0.1) is 13.1 Å². The number of rotatable bonds is 7. The number of hydrogen-bond donors (Lipinski definition) is 2. The lowest BCUT2D eigenvalue weighted by Crippen LogP contribution is -2.44. The number of benzene rings is 2. The highest BCUT2D eigenvalue weighted by Gasteiger charge is 2.22. The Balaban J connectivity index is 2.00. The van der Waals surface area contributed by atoms with Crippen LogP contribution in [0.25, 0.3) is 0 Å². The Bertz CT molecular complexity index is 1150. The number of carbonyl (C=O) groups excluding carboxylic acids is 1. The van der Waals surface area contributed by atoms with Crippen LogP contribution in [-0.4, -0.2) is 21.5 Å². The molecule has 0 radical (unpaired) electrons. The van der Waals surface area contributed by atoms with Crippen molar-refractivity contribution in [3.05, 3.63) is 91.0 Å². The van der Waals surface area contributed by atoms with Gasteiger partial charge in [0.25, 0.3) is 5.56 Å². The molecule has 0 unspecified atom stereocenters. The number of para-hydroxylation sites is 1. The Morgan fingerprint density at radius 1 is 1.03 bits per heavy atom. The van der Waals surface area contributed by atoms with Crippen molar-refractivity contribution in [3.8, 4) is 0 Å². The molecule has 1 heterocycles. The van der Waals surface area contributed by atoms with Gasteiger partial charge in [0.1, 0.15) is 11.4 Å². The molecule has 0 saturated carbocycles. The van der Waals surface area contributed by atoms with Gasteiger partial charge in [-0.3, -0.25) is 18.7 Å². The fourth-order valence-corrected chi connectivity index (χ4v) is 3.47. The average molecular weight is 457 g/mol. The van der Waals surface area contributed by atoms with Crippen molar-refractivity contribution in [2.75, 3.05) is 17.6 Å². The van der Waals surface area contributed by atoms with Crippen LogP contribution in [0.1, 0.15) is 22.8 Å². The third kappa shape index (κ3) is 4.32. The number of Topliss-reactive ketones (excluding diaryl/α,β-unsaturated/α-hetero) is 1. The van der Waals surface area contributed by atoms with Crippen LogP contribution in [0.5, 0.6) is 0 Å². The van der Waals surface area contributed by atoms with Crippen LogP contribution in [0.4, 0.5) is 11.5 Å². The summed E-state index contributed by atoms with van der Waals surface area (Å²) < 4.78 is 3.09. The summed E-state index contributed by atoms with van der Waals surface area (Å²) in [6.45, 7) is 1.86. The van der Waals surface area contributed by atoms with Gasteiger partial charge in [-0.25, -0.2) is 4.79 Å². The largest absolute Gasteiger partial charge is 0.384 e. The van der Waals surface area contributed by atoms with Crippen molar-refractivity contribution in [2.45, 2.75) is 20.0 Å². The first kappa shape index (κ1) is 20.6. The number of nitrogen functional groups attached to an aromatic ring is 1. The summed E-state index contributed by atoms with van der Waals surface area (Å²) in [6.07, 6.45) is 0. The first-order valence-electron chi connectivity index (χ1n) is 9.12. The molecule has 2 aromatic carbocycles. The minimum atomic E-state index is -0.668. The summed E-state index contributed by atoms with van der Waals surface area (Å²) in [5.74, 6) is -0.597. The third-order valence-electron chi connectivity index (χ3n) is 4.56. The normalized spacial score (nSPS) is 10.7. The number of anilines is 2. The molecule has 0 amide bonds. The second-order valence-electron chi connectivity index (χ2n) is 6.42. The van der Waals surface area contributed by atoms with Crippen molar-refractivity contribution in [2.24, 2.45) is 0 Å². The van der Waals surface area contributed by atoms with E-state index < -0.39 is 17.0 Å². The summed E-state index contributed by atoms with van der Waals surface area (Å²) in [5.41, 5.74) is 6.32. The highest BCUT2D eigenvalue weighted by atomic mass is 79.9. The number of nitrogens with zero attached hydrogens (tertiary/aromatic N) is 2. The lowest BCUT2D eigenvalue weighted by Gasteiger charge is -2.16. The minimum absolute atomic E-state index is 0.118. The molecule has 0 saturated heterocycles. The first-order valence-corrected chi connectivity index (χ1v) is 9.92. The zero-order valence-corrected chi connectivity index (χ0v) is 17.5. The predicted molar refractivity (Wildman–Crippen MR) is 118 cm³/mol. The highest BCUT2D eigenvalue weighted by molar-refractivity contribution is 9.10. The van der Waals surface area contributed by atoms with E-state index >= 15 is 0 Å². The van der Waals surface area contributed by atoms with Gasteiger partial charge < -0.3 is 11.1 Å². The summed E-state index contributed by atoms with van der Waals surface area (Å²) in [4.78, 5) is 38.4. The van der Waals surface area contributed by atoms with Gasteiger partial charge in [-0.15, -0.1) is 0 Å². The number of halogens is 1. The summed E-state index contributed by atoms with van der Waals surface area (Å²) >= 11 is 3.40. The summed E-state index contributed by atoms with van der Waals surface area (Å²) in [7, 11) is 0. The number of nitrogens with two attached hydrogens (primary N) is 1. The van der Waals surface area contributed by atoms with Gasteiger partial charge in [0, 0.05) is 16.7 Å². The van der Waals surface area contributed by atoms with Gasteiger partial charge in [0.15, 0.2) is 5.78 Å². The molecule has 0 aliphatic rings. The molecular formula is C21H21BrN4O3. The lowest BCUT2D eigenvalue weighted by atomic mass is 10.1. The predicted octanol–water partition coefficient (Wildman–Crippen LogP) is 2.72. The third-order valence-corrected chi connectivity index (χ3v) is 5.25. The highest BCUT2D eigenvalue weighted by Crippen LogP contribution is 2.21. The molecule has 3 N–H and O–H groups in total. The van der Waals surface area contributed by atoms with Gasteiger partial charge >= 0.3 is 5.69 Å². The van der Waals surface area contributed by atoms with Crippen LogP contribution >= 0.6 is 15.9 Å². The van der Waals surface area contributed by atoms with E-state index in [-0.39, 0.29) is 31.0 Å². The molecule has 29 heavy (non-hydrogen) atoms. The van der Waals surface area contributed by atoms with Gasteiger partial charge in [-0.2, -0.15) is 0 Å². The van der Waals surface area contributed by atoms with Gasteiger partial charge in [-0.05, 0) is 40.5 Å². The maximum Gasteiger partial charge on any atom is 0.332 e. The van der Waals surface area contributed by atoms with Crippen LogP contribution in [0, 0.1) is 0 Å². The van der Waals surface area contributed by atoms with Crippen molar-refractivity contribution < 1.29 is 4.79 Å². The van der Waals surface area contributed by atoms with Gasteiger partial charge in [-0.1, -0.05) is 42.5 Å². The zero-order chi connectivity index (χ0) is 21.0. The van der Waals surface area contributed by atoms with Crippen LogP contribution in [-0.2, 0) is 13.1 Å². The SMILES string of the molecule is CCn1c(=O)c(C(=O)CNc2ccccc2Br)c(N)n(Cc2ccccc2)c1=O. The number of hydrogen-bond acceptors (Lipinski definition) is 5. The second-order valence-corrected chi connectivity index (χ2v) is 7.27. The Labute approximate surface area is 175 Å². The fraction of sp³-hybridized carbons (Fsp3) is 0.190. The number of aromatic nitrogens is 2. The van der Waals surface area contributed by atoms with E-state index in [1.807, 2.05) is 48.5 Å². The average Bonchev–Trinajstić information content (AvgIpc) is 2.72. The number of nitrogens with one attached hydrogen (secondary N) is 1. The Morgan fingerprint density at radius 3 is 2.34 bits per heavy atom.